The van der Waals surface area contributed by atoms with Gasteiger partial charge in [-0.3, -0.25) is 9.59 Å². The zero-order chi connectivity index (χ0) is 25.3. The topological polar surface area (TPSA) is 61.9 Å². The Bertz CT molecular complexity index is 1100. The maximum atomic E-state index is 14.8. The van der Waals surface area contributed by atoms with E-state index in [1.807, 2.05) is 18.7 Å². The Morgan fingerprint density at radius 3 is 2.46 bits per heavy atom. The Balaban J connectivity index is 1.37. The first-order valence-electron chi connectivity index (χ1n) is 11.4. The van der Waals surface area contributed by atoms with Crippen LogP contribution in [0.4, 0.5) is 28.9 Å². The van der Waals surface area contributed by atoms with Crippen LogP contribution in [0.1, 0.15) is 31.4 Å². The predicted molar refractivity (Wildman–Crippen MR) is 122 cm³/mol. The molecule has 0 bridgehead atoms. The van der Waals surface area contributed by atoms with E-state index in [1.54, 1.807) is 12.1 Å². The van der Waals surface area contributed by atoms with E-state index in [1.165, 1.54) is 23.1 Å². The van der Waals surface area contributed by atoms with Crippen LogP contribution in [-0.2, 0) is 27.0 Å². The lowest BCUT2D eigenvalue weighted by atomic mass is 10.1. The van der Waals surface area contributed by atoms with Gasteiger partial charge in [0.1, 0.15) is 5.82 Å². The van der Waals surface area contributed by atoms with Crippen molar-refractivity contribution in [3.05, 3.63) is 59.4 Å². The molecule has 6 nitrogen and oxygen atoms in total. The van der Waals surface area contributed by atoms with Gasteiger partial charge in [0, 0.05) is 38.3 Å². The van der Waals surface area contributed by atoms with Crippen LogP contribution in [0.15, 0.2) is 42.5 Å². The maximum absolute atomic E-state index is 14.8. The van der Waals surface area contributed by atoms with Crippen molar-refractivity contribution < 1.29 is 31.9 Å². The third kappa shape index (κ3) is 5.93. The lowest BCUT2D eigenvalue weighted by Crippen LogP contribution is -2.45. The van der Waals surface area contributed by atoms with E-state index in [0.29, 0.717) is 24.3 Å². The van der Waals surface area contributed by atoms with Gasteiger partial charge in [-0.15, -0.1) is 0 Å². The maximum Gasteiger partial charge on any atom is 0.416 e. The third-order valence-electron chi connectivity index (χ3n) is 6.19. The van der Waals surface area contributed by atoms with E-state index < -0.39 is 29.4 Å². The number of benzene rings is 2. The van der Waals surface area contributed by atoms with Gasteiger partial charge < -0.3 is 19.9 Å². The lowest BCUT2D eigenvalue weighted by molar-refractivity contribution is -0.137. The number of nitrogens with zero attached hydrogens (tertiary/aromatic N) is 2. The van der Waals surface area contributed by atoms with Crippen molar-refractivity contribution in [3.63, 3.8) is 0 Å². The first kappa shape index (κ1) is 25.0. The molecule has 2 fully saturated rings. The number of anilines is 2. The molecule has 2 saturated heterocycles. The number of carbonyl (C=O) groups is 2. The van der Waals surface area contributed by atoms with Crippen LogP contribution >= 0.6 is 0 Å². The Morgan fingerprint density at radius 2 is 1.80 bits per heavy atom. The van der Waals surface area contributed by atoms with Crippen LogP contribution in [0.5, 0.6) is 0 Å². The SMILES string of the molecule is CC1CN(c2ccc(NC(=O)C3CC(=O)N(Cc4cccc(C(F)(F)F)c4)C3)cc2F)CC(C)O1. The second-order valence-corrected chi connectivity index (χ2v) is 9.19. The molecule has 2 aliphatic rings. The molecular formula is C25H27F4N3O3. The zero-order valence-electron chi connectivity index (χ0n) is 19.4. The number of carbonyl (C=O) groups excluding carboxylic acids is 2. The number of rotatable bonds is 5. The summed E-state index contributed by atoms with van der Waals surface area (Å²) in [6.07, 6.45) is -4.60. The van der Waals surface area contributed by atoms with Crippen LogP contribution in [0.3, 0.4) is 0 Å². The van der Waals surface area contributed by atoms with Gasteiger partial charge in [0.25, 0.3) is 0 Å². The highest BCUT2D eigenvalue weighted by Crippen LogP contribution is 2.31. The Kier molecular flexibility index (Phi) is 7.02. The van der Waals surface area contributed by atoms with Crippen LogP contribution in [0, 0.1) is 11.7 Å². The van der Waals surface area contributed by atoms with Gasteiger partial charge in [-0.25, -0.2) is 4.39 Å². The molecule has 0 saturated carbocycles. The molecule has 1 N–H and O–H groups in total. The molecule has 2 aromatic carbocycles. The van der Waals surface area contributed by atoms with Crippen molar-refractivity contribution in [1.82, 2.24) is 4.90 Å². The number of morpholine rings is 1. The number of likely N-dealkylation sites (tertiary alicyclic amines) is 1. The second-order valence-electron chi connectivity index (χ2n) is 9.19. The molecule has 2 heterocycles. The van der Waals surface area contributed by atoms with Gasteiger partial charge in [0.15, 0.2) is 0 Å². The van der Waals surface area contributed by atoms with Gasteiger partial charge >= 0.3 is 6.18 Å². The fourth-order valence-corrected chi connectivity index (χ4v) is 4.63. The average Bonchev–Trinajstić information content (AvgIpc) is 3.13. The van der Waals surface area contributed by atoms with Gasteiger partial charge in [0.05, 0.1) is 29.4 Å². The summed E-state index contributed by atoms with van der Waals surface area (Å²) in [5.74, 6) is -1.92. The number of hydrogen-bond donors (Lipinski definition) is 1. The number of amides is 2. The van der Waals surface area contributed by atoms with Gasteiger partial charge in [-0.2, -0.15) is 13.2 Å². The van der Waals surface area contributed by atoms with Crippen LogP contribution in [0.2, 0.25) is 0 Å². The number of halogens is 4. The largest absolute Gasteiger partial charge is 0.416 e. The van der Waals surface area contributed by atoms with E-state index in [-0.39, 0.29) is 43.3 Å². The highest BCUT2D eigenvalue weighted by atomic mass is 19.4. The van der Waals surface area contributed by atoms with E-state index >= 15 is 0 Å². The van der Waals surface area contributed by atoms with Gasteiger partial charge in [0.2, 0.25) is 11.8 Å². The van der Waals surface area contributed by atoms with Crippen molar-refractivity contribution >= 4 is 23.2 Å². The van der Waals surface area contributed by atoms with E-state index in [4.69, 9.17) is 4.74 Å². The lowest BCUT2D eigenvalue weighted by Gasteiger charge is -2.37. The summed E-state index contributed by atoms with van der Waals surface area (Å²) < 4.78 is 59.4. The second kappa shape index (κ2) is 9.85. The highest BCUT2D eigenvalue weighted by molar-refractivity contribution is 5.97. The van der Waals surface area contributed by atoms with E-state index in [0.717, 1.165) is 12.1 Å². The molecule has 3 atom stereocenters. The fourth-order valence-electron chi connectivity index (χ4n) is 4.63. The molecular weight excluding hydrogens is 466 g/mol. The summed E-state index contributed by atoms with van der Waals surface area (Å²) in [6.45, 7) is 5.01. The smallest absolute Gasteiger partial charge is 0.372 e. The normalized spacial score (nSPS) is 23.0. The minimum atomic E-state index is -4.48. The average molecular weight is 494 g/mol. The summed E-state index contributed by atoms with van der Waals surface area (Å²) >= 11 is 0. The van der Waals surface area contributed by atoms with Crippen molar-refractivity contribution in [2.45, 2.75) is 45.2 Å². The summed E-state index contributed by atoms with van der Waals surface area (Å²) in [4.78, 5) is 28.4. The zero-order valence-corrected chi connectivity index (χ0v) is 19.4. The molecule has 0 aliphatic carbocycles. The molecule has 10 heteroatoms. The van der Waals surface area contributed by atoms with E-state index in [2.05, 4.69) is 5.32 Å². The highest BCUT2D eigenvalue weighted by Gasteiger charge is 2.35. The molecule has 2 amide bonds. The van der Waals surface area contributed by atoms with Gasteiger partial charge in [-0.05, 0) is 49.7 Å². The first-order valence-corrected chi connectivity index (χ1v) is 11.4. The number of alkyl halides is 3. The molecule has 3 unspecified atom stereocenters. The Morgan fingerprint density at radius 1 is 1.09 bits per heavy atom. The molecule has 0 spiro atoms. The monoisotopic (exact) mass is 493 g/mol. The molecule has 0 radical (unpaired) electrons. The fraction of sp³-hybridized carbons (Fsp3) is 0.440. The number of nitrogens with one attached hydrogen (secondary N) is 1. The van der Waals surface area contributed by atoms with Crippen molar-refractivity contribution in [2.24, 2.45) is 5.92 Å². The summed E-state index contributed by atoms with van der Waals surface area (Å²) in [7, 11) is 0. The van der Waals surface area contributed by atoms with Crippen LogP contribution in [0.25, 0.3) is 0 Å². The standard InChI is InChI=1S/C25H27F4N3O3/c1-15-11-31(12-16(2)35-15)22-7-6-20(10-21(22)26)30-24(34)18-9-23(33)32(14-18)13-17-4-3-5-19(8-17)25(27,28)29/h3-8,10,15-16,18H,9,11-14H2,1-2H3,(H,30,34). The van der Waals surface area contributed by atoms with Crippen molar-refractivity contribution in [2.75, 3.05) is 29.9 Å². The van der Waals surface area contributed by atoms with Crippen LogP contribution < -0.4 is 10.2 Å². The van der Waals surface area contributed by atoms with E-state index in [9.17, 15) is 27.2 Å². The third-order valence-corrected chi connectivity index (χ3v) is 6.19. The minimum Gasteiger partial charge on any atom is -0.372 e. The molecule has 2 aromatic rings. The summed E-state index contributed by atoms with van der Waals surface area (Å²) in [5, 5.41) is 2.66. The predicted octanol–water partition coefficient (Wildman–Crippen LogP) is 4.45. The molecule has 188 valence electrons. The first-order chi connectivity index (χ1) is 16.5. The summed E-state index contributed by atoms with van der Waals surface area (Å²) in [6, 6.07) is 9.23. The van der Waals surface area contributed by atoms with Gasteiger partial charge in [-0.1, -0.05) is 12.1 Å². The Hall–Kier alpha value is -3.14. The van der Waals surface area contributed by atoms with Crippen LogP contribution in [-0.4, -0.2) is 48.6 Å². The quantitative estimate of drug-likeness (QED) is 0.626. The van der Waals surface area contributed by atoms with Crippen molar-refractivity contribution in [1.29, 1.82) is 0 Å². The molecule has 4 rings (SSSR count). The van der Waals surface area contributed by atoms with Crippen molar-refractivity contribution in [3.8, 4) is 0 Å². The molecule has 0 aromatic heterocycles. The molecule has 35 heavy (non-hydrogen) atoms. The summed E-state index contributed by atoms with van der Waals surface area (Å²) in [5.41, 5.74) is 0.240. The number of hydrogen-bond acceptors (Lipinski definition) is 4. The minimum absolute atomic E-state index is 0.0216. The molecule has 2 aliphatic heterocycles. The number of ether oxygens (including phenoxy) is 1. The Labute approximate surface area is 200 Å².